The first kappa shape index (κ1) is 29.2. The molecule has 10 heteroatoms. The maximum Gasteiger partial charge on any atom is 0.337 e. The van der Waals surface area contributed by atoms with Crippen LogP contribution in [-0.2, 0) is 16.6 Å². The lowest BCUT2D eigenvalue weighted by Crippen LogP contribution is -2.67. The summed E-state index contributed by atoms with van der Waals surface area (Å²) in [7, 11) is 4.22. The molecule has 0 aliphatic carbocycles. The van der Waals surface area contributed by atoms with Gasteiger partial charge in [-0.1, -0.05) is 23.7 Å². The first-order valence-electron chi connectivity index (χ1n) is 14.9. The van der Waals surface area contributed by atoms with Gasteiger partial charge in [0.2, 0.25) is 0 Å². The van der Waals surface area contributed by atoms with Crippen molar-refractivity contribution in [3.8, 4) is 21.7 Å². The summed E-state index contributed by atoms with van der Waals surface area (Å²) in [6.07, 6.45) is 0.107. The molecule has 5 aromatic rings. The number of aromatic nitrogens is 3. The number of likely N-dealkylation sites (N-methyl/N-ethyl adjacent to an activating group) is 1. The van der Waals surface area contributed by atoms with Crippen molar-refractivity contribution in [1.29, 1.82) is 0 Å². The predicted octanol–water partition coefficient (Wildman–Crippen LogP) is 7.31. The quantitative estimate of drug-likeness (QED) is 0.211. The minimum Gasteiger partial charge on any atom is -0.479 e. The number of hydrogen-bond acceptors (Lipinski definition) is 7. The van der Waals surface area contributed by atoms with E-state index < -0.39 is 17.7 Å². The molecule has 8 nitrogen and oxygen atoms in total. The zero-order valence-electron chi connectivity index (χ0n) is 25.8. The van der Waals surface area contributed by atoms with Gasteiger partial charge in [0.05, 0.1) is 21.3 Å². The molecule has 3 atom stereocenters. The van der Waals surface area contributed by atoms with Gasteiger partial charge in [0, 0.05) is 59.3 Å². The Labute approximate surface area is 265 Å². The Morgan fingerprint density at radius 1 is 1.07 bits per heavy atom. The number of carboxylic acid groups (broad SMARTS) is 1. The van der Waals surface area contributed by atoms with E-state index in [1.807, 2.05) is 69.8 Å². The number of piperidine rings is 1. The van der Waals surface area contributed by atoms with E-state index in [0.717, 1.165) is 67.3 Å². The number of anilines is 1. The third-order valence-corrected chi connectivity index (χ3v) is 10.3. The summed E-state index contributed by atoms with van der Waals surface area (Å²) >= 11 is 7.84. The number of rotatable bonds is 6. The Morgan fingerprint density at radius 3 is 2.39 bits per heavy atom. The van der Waals surface area contributed by atoms with Crippen LogP contribution >= 0.6 is 22.9 Å². The normalized spacial score (nSPS) is 19.5. The number of aliphatic carboxylic acids is 1. The van der Waals surface area contributed by atoms with Crippen molar-refractivity contribution in [2.24, 2.45) is 7.05 Å². The lowest BCUT2D eigenvalue weighted by Gasteiger charge is -2.55. The topological polar surface area (TPSA) is 83.7 Å². The number of carbonyl (C=O) groups is 1. The average Bonchev–Trinajstić information content (AvgIpc) is 3.55. The Morgan fingerprint density at radius 2 is 1.75 bits per heavy atom. The van der Waals surface area contributed by atoms with E-state index in [2.05, 4.69) is 35.0 Å². The van der Waals surface area contributed by atoms with Gasteiger partial charge in [-0.25, -0.2) is 9.78 Å². The molecular weight excluding hydrogens is 594 g/mol. The van der Waals surface area contributed by atoms with Gasteiger partial charge in [0.15, 0.2) is 11.9 Å². The Hall–Kier alpha value is -3.50. The first-order valence-corrected chi connectivity index (χ1v) is 16.1. The summed E-state index contributed by atoms with van der Waals surface area (Å²) in [4.78, 5) is 22.7. The number of aryl methyl sites for hydroxylation is 2. The summed E-state index contributed by atoms with van der Waals surface area (Å²) in [5, 5.41) is 17.9. The molecule has 0 spiro atoms. The van der Waals surface area contributed by atoms with Gasteiger partial charge in [-0.15, -0.1) is 11.3 Å². The van der Waals surface area contributed by atoms with Gasteiger partial charge in [-0.3, -0.25) is 9.58 Å². The number of piperazine rings is 1. The van der Waals surface area contributed by atoms with Crippen molar-refractivity contribution in [2.75, 3.05) is 25.0 Å². The zero-order chi connectivity index (χ0) is 31.1. The van der Waals surface area contributed by atoms with E-state index in [9.17, 15) is 9.90 Å². The maximum atomic E-state index is 12.7. The van der Waals surface area contributed by atoms with Gasteiger partial charge >= 0.3 is 5.97 Å². The monoisotopic (exact) mass is 629 g/mol. The van der Waals surface area contributed by atoms with E-state index >= 15 is 0 Å². The molecule has 3 fully saturated rings. The van der Waals surface area contributed by atoms with E-state index in [-0.39, 0.29) is 0 Å². The molecule has 8 rings (SSSR count). The van der Waals surface area contributed by atoms with Crippen molar-refractivity contribution in [1.82, 2.24) is 19.7 Å². The predicted molar refractivity (Wildman–Crippen MR) is 178 cm³/mol. The largest absolute Gasteiger partial charge is 0.479 e. The van der Waals surface area contributed by atoms with Crippen molar-refractivity contribution >= 4 is 55.8 Å². The number of carboxylic acids is 1. The van der Waals surface area contributed by atoms with Crippen LogP contribution in [0.3, 0.4) is 0 Å². The minimum atomic E-state index is -1.15. The molecule has 0 radical (unpaired) electrons. The molecule has 1 N–H and O–H groups in total. The van der Waals surface area contributed by atoms with Gasteiger partial charge in [-0.05, 0) is 88.7 Å². The van der Waals surface area contributed by atoms with E-state index in [1.165, 1.54) is 6.42 Å². The van der Waals surface area contributed by atoms with Crippen LogP contribution in [0.2, 0.25) is 5.02 Å². The number of hydrogen-bond donors (Lipinski definition) is 1. The fraction of sp³-hybridized carbons (Fsp3) is 0.382. The summed E-state index contributed by atoms with van der Waals surface area (Å²) in [6.45, 7) is 9.52. The van der Waals surface area contributed by atoms with Crippen molar-refractivity contribution in [3.63, 3.8) is 0 Å². The first-order chi connectivity index (χ1) is 20.9. The summed E-state index contributed by atoms with van der Waals surface area (Å²) in [5.74, 6) is -0.00435. The van der Waals surface area contributed by atoms with Crippen LogP contribution in [0.5, 0.6) is 0 Å². The SMILES string of the molecule is Cc1cc2nc(-c3ccc4c(c3)c(N3CC5CC(C3)N5C)nn4C)sc2c(-c2ccc(Cl)cc2)c1C(OC(C)(C)C)C(=O)O. The number of thiazole rings is 1. The zero-order valence-corrected chi connectivity index (χ0v) is 27.3. The number of ether oxygens (including phenoxy) is 1. The van der Waals surface area contributed by atoms with Gasteiger partial charge < -0.3 is 14.7 Å². The fourth-order valence-electron chi connectivity index (χ4n) is 6.75. The Balaban J connectivity index is 1.39. The lowest BCUT2D eigenvalue weighted by molar-refractivity contribution is -0.160. The number of halogens is 1. The number of nitrogens with zero attached hydrogens (tertiary/aromatic N) is 5. The summed E-state index contributed by atoms with van der Waals surface area (Å²) < 4.78 is 9.05. The maximum absolute atomic E-state index is 12.7. The molecule has 44 heavy (non-hydrogen) atoms. The van der Waals surface area contributed by atoms with Gasteiger partial charge in [0.25, 0.3) is 0 Å². The fourth-order valence-corrected chi connectivity index (χ4v) is 7.99. The minimum absolute atomic E-state index is 0.582. The van der Waals surface area contributed by atoms with Crippen molar-refractivity contribution in [2.45, 2.75) is 57.9 Å². The summed E-state index contributed by atoms with van der Waals surface area (Å²) in [6, 6.07) is 17.1. The summed E-state index contributed by atoms with van der Waals surface area (Å²) in [5.41, 5.74) is 5.39. The molecule has 5 heterocycles. The average molecular weight is 630 g/mol. The van der Waals surface area contributed by atoms with Crippen LogP contribution in [0.25, 0.3) is 42.8 Å². The third kappa shape index (κ3) is 4.96. The third-order valence-electron chi connectivity index (χ3n) is 8.95. The van der Waals surface area contributed by atoms with Gasteiger partial charge in [0.1, 0.15) is 5.01 Å². The van der Waals surface area contributed by atoms with E-state index in [4.69, 9.17) is 26.4 Å². The molecule has 228 valence electrons. The van der Waals surface area contributed by atoms with E-state index in [1.54, 1.807) is 11.3 Å². The van der Waals surface area contributed by atoms with Crippen molar-refractivity contribution < 1.29 is 14.6 Å². The van der Waals surface area contributed by atoms with Gasteiger partial charge in [-0.2, -0.15) is 5.10 Å². The molecule has 3 aliphatic heterocycles. The molecule has 3 aliphatic rings. The second-order valence-electron chi connectivity index (χ2n) is 13.1. The van der Waals surface area contributed by atoms with Crippen LogP contribution in [0.4, 0.5) is 5.82 Å². The molecule has 3 unspecified atom stereocenters. The second kappa shape index (κ2) is 10.5. The van der Waals surface area contributed by atoms with E-state index in [0.29, 0.717) is 22.7 Å². The van der Waals surface area contributed by atoms with Crippen LogP contribution < -0.4 is 4.90 Å². The Bertz CT molecular complexity index is 1910. The highest BCUT2D eigenvalue weighted by Gasteiger charge is 2.43. The van der Waals surface area contributed by atoms with Crippen LogP contribution in [0.15, 0.2) is 48.5 Å². The molecule has 0 amide bonds. The molecule has 3 saturated heterocycles. The van der Waals surface area contributed by atoms with Crippen molar-refractivity contribution in [3.05, 3.63) is 64.7 Å². The molecule has 0 saturated carbocycles. The van der Waals surface area contributed by atoms with Crippen LogP contribution in [0, 0.1) is 6.92 Å². The second-order valence-corrected chi connectivity index (χ2v) is 14.5. The highest BCUT2D eigenvalue weighted by Crippen LogP contribution is 2.45. The standard InChI is InChI=1S/C34H36ClN5O3S/c1-18-13-25-30(28(19-7-10-21(35)11-8-19)27(18)29(33(41)42)43-34(2,3)4)44-32(36-25)20-9-12-26-24(14-20)31(37-39(26)6)40-16-22-15-23(17-40)38(22)5/h7-14,22-23,29H,15-17H2,1-6H3,(H,41,42). The van der Waals surface area contributed by atoms with Crippen LogP contribution in [-0.4, -0.2) is 68.6 Å². The smallest absolute Gasteiger partial charge is 0.337 e. The number of fused-ring (bicyclic) bond motifs is 4. The highest BCUT2D eigenvalue weighted by molar-refractivity contribution is 7.22. The molecular formula is C34H36ClN5O3S. The lowest BCUT2D eigenvalue weighted by atomic mass is 9.88. The molecule has 3 aromatic carbocycles. The molecule has 2 aromatic heterocycles. The highest BCUT2D eigenvalue weighted by atomic mass is 35.5. The number of benzene rings is 3. The molecule has 2 bridgehead atoms. The van der Waals surface area contributed by atoms with Crippen LogP contribution in [0.1, 0.15) is 44.4 Å². The Kier molecular flexibility index (Phi) is 7.01.